The molecule has 0 saturated carbocycles. The van der Waals surface area contributed by atoms with Crippen LogP contribution in [0.25, 0.3) is 10.4 Å². The van der Waals surface area contributed by atoms with Crippen molar-refractivity contribution in [2.45, 2.75) is 0 Å². The predicted octanol–water partition coefficient (Wildman–Crippen LogP) is 1.30. The largest absolute Gasteiger partial charge is 0.476 e. The lowest BCUT2D eigenvalue weighted by atomic mass is 10.2. The second-order valence-electron chi connectivity index (χ2n) is 2.50. The van der Waals surface area contributed by atoms with Crippen LogP contribution >= 0.6 is 11.5 Å². The van der Waals surface area contributed by atoms with Crippen LogP contribution < -0.4 is 0 Å². The molecule has 2 aromatic heterocycles. The second kappa shape index (κ2) is 3.51. The average Bonchev–Trinajstić information content (AvgIpc) is 2.67. The van der Waals surface area contributed by atoms with E-state index in [-0.39, 0.29) is 5.69 Å². The van der Waals surface area contributed by atoms with Gasteiger partial charge in [-0.2, -0.15) is 0 Å². The number of pyridine rings is 1. The van der Waals surface area contributed by atoms with Crippen molar-refractivity contribution in [2.24, 2.45) is 0 Å². The Hall–Kier alpha value is -1.82. The molecule has 2 rings (SSSR count). The summed E-state index contributed by atoms with van der Waals surface area (Å²) in [5.74, 6) is -1.07. The summed E-state index contributed by atoms with van der Waals surface area (Å²) < 4.78 is 3.60. The number of aromatic carboxylic acids is 1. The van der Waals surface area contributed by atoms with E-state index in [0.717, 1.165) is 17.1 Å². The highest BCUT2D eigenvalue weighted by Gasteiger charge is 2.16. The Kier molecular flexibility index (Phi) is 2.19. The highest BCUT2D eigenvalue weighted by atomic mass is 32.1. The molecular formula is C8H5N3O2S. The van der Waals surface area contributed by atoms with Crippen LogP contribution in [0, 0.1) is 0 Å². The third kappa shape index (κ3) is 1.47. The first-order valence-corrected chi connectivity index (χ1v) is 4.52. The lowest BCUT2D eigenvalue weighted by Gasteiger charge is -1.95. The average molecular weight is 207 g/mol. The van der Waals surface area contributed by atoms with Gasteiger partial charge >= 0.3 is 5.97 Å². The Bertz CT molecular complexity index is 455. The van der Waals surface area contributed by atoms with Crippen molar-refractivity contribution in [3.63, 3.8) is 0 Å². The van der Waals surface area contributed by atoms with Crippen LogP contribution in [-0.4, -0.2) is 25.6 Å². The fraction of sp³-hybridized carbons (Fsp3) is 0. The van der Waals surface area contributed by atoms with Gasteiger partial charge < -0.3 is 5.11 Å². The first-order valence-electron chi connectivity index (χ1n) is 3.75. The number of hydrogen-bond acceptors (Lipinski definition) is 5. The van der Waals surface area contributed by atoms with Gasteiger partial charge in [0.25, 0.3) is 0 Å². The molecule has 70 valence electrons. The smallest absolute Gasteiger partial charge is 0.358 e. The summed E-state index contributed by atoms with van der Waals surface area (Å²) >= 11 is 1.05. The number of carboxylic acid groups (broad SMARTS) is 1. The maximum atomic E-state index is 10.7. The SMILES string of the molecule is O=C(O)c1nnsc1-c1cccnc1. The summed E-state index contributed by atoms with van der Waals surface area (Å²) in [5.41, 5.74) is 0.697. The summed E-state index contributed by atoms with van der Waals surface area (Å²) in [6.45, 7) is 0. The minimum atomic E-state index is -1.07. The Morgan fingerprint density at radius 2 is 2.36 bits per heavy atom. The minimum Gasteiger partial charge on any atom is -0.476 e. The molecule has 0 aromatic carbocycles. The van der Waals surface area contributed by atoms with Crippen LogP contribution in [0.15, 0.2) is 24.5 Å². The van der Waals surface area contributed by atoms with Gasteiger partial charge in [0.1, 0.15) is 0 Å². The van der Waals surface area contributed by atoms with Crippen molar-refractivity contribution in [1.29, 1.82) is 0 Å². The molecule has 1 N–H and O–H groups in total. The van der Waals surface area contributed by atoms with Crippen LogP contribution in [0.5, 0.6) is 0 Å². The first-order chi connectivity index (χ1) is 6.79. The molecule has 14 heavy (non-hydrogen) atoms. The number of aromatic nitrogens is 3. The van der Waals surface area contributed by atoms with E-state index in [1.54, 1.807) is 24.5 Å². The summed E-state index contributed by atoms with van der Waals surface area (Å²) in [7, 11) is 0. The van der Waals surface area contributed by atoms with E-state index in [9.17, 15) is 4.79 Å². The molecule has 0 radical (unpaired) electrons. The topological polar surface area (TPSA) is 76.0 Å². The zero-order valence-corrected chi connectivity index (χ0v) is 7.73. The molecule has 0 saturated heterocycles. The van der Waals surface area contributed by atoms with E-state index in [1.807, 2.05) is 0 Å². The monoisotopic (exact) mass is 207 g/mol. The molecule has 6 heteroatoms. The molecule has 0 aliphatic carbocycles. The molecule has 0 aliphatic rings. The molecule has 0 unspecified atom stereocenters. The highest BCUT2D eigenvalue weighted by Crippen LogP contribution is 2.24. The van der Waals surface area contributed by atoms with Gasteiger partial charge in [-0.3, -0.25) is 4.98 Å². The fourth-order valence-electron chi connectivity index (χ4n) is 1.02. The molecule has 0 aliphatic heterocycles. The van der Waals surface area contributed by atoms with E-state index >= 15 is 0 Å². The first kappa shape index (κ1) is 8.76. The van der Waals surface area contributed by atoms with Crippen molar-refractivity contribution in [3.8, 4) is 10.4 Å². The van der Waals surface area contributed by atoms with Gasteiger partial charge in [0.15, 0.2) is 5.69 Å². The van der Waals surface area contributed by atoms with Crippen LogP contribution in [0.4, 0.5) is 0 Å². The Morgan fingerprint density at radius 3 is 3.00 bits per heavy atom. The van der Waals surface area contributed by atoms with Gasteiger partial charge in [0.05, 0.1) is 4.88 Å². The summed E-state index contributed by atoms with van der Waals surface area (Å²) in [6.07, 6.45) is 3.21. The van der Waals surface area contributed by atoms with E-state index in [1.165, 1.54) is 0 Å². The zero-order valence-electron chi connectivity index (χ0n) is 6.91. The van der Waals surface area contributed by atoms with Crippen molar-refractivity contribution in [2.75, 3.05) is 0 Å². The Labute approximate surface area is 83.2 Å². The molecule has 0 fully saturated rings. The van der Waals surface area contributed by atoms with Crippen molar-refractivity contribution < 1.29 is 9.90 Å². The third-order valence-corrected chi connectivity index (χ3v) is 2.39. The van der Waals surface area contributed by atoms with Crippen LogP contribution in [0.3, 0.4) is 0 Å². The number of nitrogens with zero attached hydrogens (tertiary/aromatic N) is 3. The standard InChI is InChI=1S/C8H5N3O2S/c12-8(13)6-7(14-11-10-6)5-2-1-3-9-4-5/h1-4H,(H,12,13). The molecule has 0 amide bonds. The number of carbonyl (C=O) groups is 1. The van der Waals surface area contributed by atoms with Gasteiger partial charge in [-0.25, -0.2) is 4.79 Å². The molecule has 2 heterocycles. The van der Waals surface area contributed by atoms with Crippen LogP contribution in [-0.2, 0) is 0 Å². The molecule has 5 nitrogen and oxygen atoms in total. The van der Waals surface area contributed by atoms with Crippen LogP contribution in [0.2, 0.25) is 0 Å². The molecule has 0 spiro atoms. The Morgan fingerprint density at radius 1 is 1.50 bits per heavy atom. The van der Waals surface area contributed by atoms with Crippen molar-refractivity contribution >= 4 is 17.5 Å². The molecular weight excluding hydrogens is 202 g/mol. The normalized spacial score (nSPS) is 10.0. The summed E-state index contributed by atoms with van der Waals surface area (Å²) in [4.78, 5) is 15.2. The zero-order chi connectivity index (χ0) is 9.97. The highest BCUT2D eigenvalue weighted by molar-refractivity contribution is 7.09. The van der Waals surface area contributed by atoms with Gasteiger partial charge in [-0.1, -0.05) is 10.6 Å². The third-order valence-electron chi connectivity index (χ3n) is 1.61. The Balaban J connectivity index is 2.52. The van der Waals surface area contributed by atoms with Gasteiger partial charge in [0.2, 0.25) is 0 Å². The fourth-order valence-corrected chi connectivity index (χ4v) is 1.66. The van der Waals surface area contributed by atoms with E-state index in [2.05, 4.69) is 14.6 Å². The predicted molar refractivity (Wildman–Crippen MR) is 50.1 cm³/mol. The molecule has 0 bridgehead atoms. The number of hydrogen-bond donors (Lipinski definition) is 1. The van der Waals surface area contributed by atoms with Crippen molar-refractivity contribution in [1.82, 2.24) is 14.6 Å². The second-order valence-corrected chi connectivity index (χ2v) is 3.25. The maximum Gasteiger partial charge on any atom is 0.358 e. The van der Waals surface area contributed by atoms with Gasteiger partial charge in [-0.05, 0) is 17.6 Å². The summed E-state index contributed by atoms with van der Waals surface area (Å²) in [6, 6.07) is 3.51. The van der Waals surface area contributed by atoms with Crippen LogP contribution in [0.1, 0.15) is 10.5 Å². The number of carboxylic acids is 1. The van der Waals surface area contributed by atoms with E-state index in [0.29, 0.717) is 4.88 Å². The maximum absolute atomic E-state index is 10.7. The van der Waals surface area contributed by atoms with Crippen molar-refractivity contribution in [3.05, 3.63) is 30.2 Å². The van der Waals surface area contributed by atoms with E-state index in [4.69, 9.17) is 5.11 Å². The van der Waals surface area contributed by atoms with Gasteiger partial charge in [-0.15, -0.1) is 5.10 Å². The van der Waals surface area contributed by atoms with Gasteiger partial charge in [0, 0.05) is 18.0 Å². The molecule has 0 atom stereocenters. The minimum absolute atomic E-state index is 0.0250. The lowest BCUT2D eigenvalue weighted by Crippen LogP contribution is -1.98. The van der Waals surface area contributed by atoms with E-state index < -0.39 is 5.97 Å². The quantitative estimate of drug-likeness (QED) is 0.803. The lowest BCUT2D eigenvalue weighted by molar-refractivity contribution is 0.0691. The molecule has 2 aromatic rings. The number of rotatable bonds is 2. The summed E-state index contributed by atoms with van der Waals surface area (Å²) in [5, 5.41) is 12.3.